The van der Waals surface area contributed by atoms with Gasteiger partial charge in [-0.25, -0.2) is 13.2 Å². The molecule has 0 aliphatic carbocycles. The summed E-state index contributed by atoms with van der Waals surface area (Å²) in [5.41, 5.74) is 1.62. The molecule has 0 saturated heterocycles. The monoisotopic (exact) mass is 492 g/mol. The van der Waals surface area contributed by atoms with Gasteiger partial charge in [0.1, 0.15) is 9.96 Å². The number of methoxy groups -OCH3 is 2. The molecule has 0 saturated carbocycles. The minimum atomic E-state index is -3.85. The lowest BCUT2D eigenvalue weighted by atomic mass is 10.0. The molecule has 0 N–H and O–H groups in total. The number of fused-ring (bicyclic) bond motifs is 1. The van der Waals surface area contributed by atoms with Crippen LogP contribution in [0.4, 0.5) is 0 Å². The van der Waals surface area contributed by atoms with Crippen molar-refractivity contribution in [3.63, 3.8) is 0 Å². The number of thiophene rings is 1. The van der Waals surface area contributed by atoms with Gasteiger partial charge in [-0.15, -0.1) is 11.3 Å². The van der Waals surface area contributed by atoms with Gasteiger partial charge < -0.3 is 14.4 Å². The van der Waals surface area contributed by atoms with Gasteiger partial charge in [-0.05, 0) is 35.8 Å². The van der Waals surface area contributed by atoms with Crippen LogP contribution in [0.15, 0.2) is 34.6 Å². The highest BCUT2D eigenvalue weighted by Crippen LogP contribution is 2.38. The average molecular weight is 493 g/mol. The van der Waals surface area contributed by atoms with Crippen LogP contribution in [0, 0.1) is 0 Å². The fourth-order valence-corrected chi connectivity index (χ4v) is 7.22. The van der Waals surface area contributed by atoms with Gasteiger partial charge >= 0.3 is 5.97 Å². The number of sulfonamides is 1. The Kier molecular flexibility index (Phi) is 7.93. The maximum atomic E-state index is 13.2. The molecule has 178 valence electrons. The van der Waals surface area contributed by atoms with Gasteiger partial charge in [0.2, 0.25) is 5.91 Å². The van der Waals surface area contributed by atoms with Crippen molar-refractivity contribution in [1.29, 1.82) is 0 Å². The van der Waals surface area contributed by atoms with Gasteiger partial charge in [0.15, 0.2) is 0 Å². The van der Waals surface area contributed by atoms with E-state index in [9.17, 15) is 18.0 Å². The Bertz CT molecular complexity index is 1150. The molecule has 0 fully saturated rings. The summed E-state index contributed by atoms with van der Waals surface area (Å²) < 4.78 is 37.8. The second kappa shape index (κ2) is 10.5. The highest BCUT2D eigenvalue weighted by molar-refractivity contribution is 7.91. The third kappa shape index (κ3) is 5.13. The van der Waals surface area contributed by atoms with E-state index in [1.54, 1.807) is 31.9 Å². The van der Waals surface area contributed by atoms with Crippen LogP contribution in [0.1, 0.15) is 40.2 Å². The van der Waals surface area contributed by atoms with Crippen LogP contribution in [0.5, 0.6) is 5.75 Å². The van der Waals surface area contributed by atoms with E-state index in [1.165, 1.54) is 17.5 Å². The molecule has 1 amide bonds. The summed E-state index contributed by atoms with van der Waals surface area (Å²) >= 11 is 1.05. The van der Waals surface area contributed by atoms with Crippen LogP contribution >= 0.6 is 11.3 Å². The second-order valence-electron chi connectivity index (χ2n) is 7.36. The molecule has 3 rings (SSSR count). The molecule has 0 spiro atoms. The topological polar surface area (TPSA) is 93.2 Å². The predicted molar refractivity (Wildman–Crippen MR) is 127 cm³/mol. The maximum Gasteiger partial charge on any atom is 0.340 e. The first-order valence-corrected chi connectivity index (χ1v) is 12.9. The van der Waals surface area contributed by atoms with E-state index < -0.39 is 16.0 Å². The first-order valence-electron chi connectivity index (χ1n) is 10.6. The first-order chi connectivity index (χ1) is 15.8. The van der Waals surface area contributed by atoms with Crippen molar-refractivity contribution in [2.45, 2.75) is 31.0 Å². The lowest BCUT2D eigenvalue weighted by Gasteiger charge is -2.26. The number of carbonyl (C=O) groups is 2. The van der Waals surface area contributed by atoms with Gasteiger partial charge in [-0.3, -0.25) is 4.79 Å². The van der Waals surface area contributed by atoms with Gasteiger partial charge in [0, 0.05) is 30.6 Å². The molecule has 1 aliphatic heterocycles. The first kappa shape index (κ1) is 24.9. The molecule has 1 aromatic carbocycles. The smallest absolute Gasteiger partial charge is 0.340 e. The van der Waals surface area contributed by atoms with Crippen LogP contribution in [-0.4, -0.2) is 63.4 Å². The van der Waals surface area contributed by atoms with Gasteiger partial charge in [0.25, 0.3) is 10.0 Å². The zero-order chi connectivity index (χ0) is 24.2. The lowest BCUT2D eigenvalue weighted by molar-refractivity contribution is -0.126. The van der Waals surface area contributed by atoms with Crippen molar-refractivity contribution in [1.82, 2.24) is 9.21 Å². The highest BCUT2D eigenvalue weighted by Gasteiger charge is 2.36. The molecule has 0 unspecified atom stereocenters. The Balaban J connectivity index is 1.88. The normalized spacial score (nSPS) is 13.9. The maximum absolute atomic E-state index is 13.2. The van der Waals surface area contributed by atoms with Crippen LogP contribution < -0.4 is 4.74 Å². The summed E-state index contributed by atoms with van der Waals surface area (Å²) in [7, 11) is -1.02. The molecule has 2 heterocycles. The van der Waals surface area contributed by atoms with Crippen LogP contribution in [0.25, 0.3) is 6.08 Å². The van der Waals surface area contributed by atoms with Crippen molar-refractivity contribution >= 4 is 39.3 Å². The van der Waals surface area contributed by atoms with Gasteiger partial charge in [-0.2, -0.15) is 4.31 Å². The number of rotatable bonds is 8. The number of ether oxygens (including phenoxy) is 2. The molecule has 0 atom stereocenters. The number of amides is 1. The van der Waals surface area contributed by atoms with E-state index in [2.05, 4.69) is 0 Å². The SMILES string of the molecule is CCN(CC)S(=O)(=O)c1sc2c(c1C(=O)OC)CCN(C(=O)C=Cc1ccc(OC)cc1)C2. The third-order valence-electron chi connectivity index (χ3n) is 5.54. The van der Waals surface area contributed by atoms with Crippen molar-refractivity contribution in [2.75, 3.05) is 33.9 Å². The second-order valence-corrected chi connectivity index (χ2v) is 10.6. The van der Waals surface area contributed by atoms with Crippen molar-refractivity contribution in [2.24, 2.45) is 0 Å². The van der Waals surface area contributed by atoms with Crippen molar-refractivity contribution < 1.29 is 27.5 Å². The molecular weight excluding hydrogens is 464 g/mol. The summed E-state index contributed by atoms with van der Waals surface area (Å²) in [5, 5.41) is 0. The zero-order valence-electron chi connectivity index (χ0n) is 19.2. The molecular formula is C23H28N2O6S2. The molecule has 1 aliphatic rings. The number of carbonyl (C=O) groups excluding carboxylic acids is 2. The fraction of sp³-hybridized carbons (Fsp3) is 0.391. The lowest BCUT2D eigenvalue weighted by Crippen LogP contribution is -2.34. The number of hydrogen-bond acceptors (Lipinski definition) is 7. The zero-order valence-corrected chi connectivity index (χ0v) is 20.8. The average Bonchev–Trinajstić information content (AvgIpc) is 3.22. The molecule has 0 radical (unpaired) electrons. The predicted octanol–water partition coefficient (Wildman–Crippen LogP) is 3.17. The standard InChI is InChI=1S/C23H28N2O6S2/c1-5-25(6-2)33(28,29)23-21(22(27)31-4)18-13-14-24(15-19(18)32-23)20(26)12-9-16-7-10-17(30-3)11-8-16/h7-12H,5-6,13-15H2,1-4H3. The molecule has 2 aromatic rings. The van der Waals surface area contributed by atoms with E-state index >= 15 is 0 Å². The Hall–Kier alpha value is -2.69. The van der Waals surface area contributed by atoms with Crippen molar-refractivity contribution in [3.05, 3.63) is 51.9 Å². The molecule has 8 nitrogen and oxygen atoms in total. The van der Waals surface area contributed by atoms with Crippen molar-refractivity contribution in [3.8, 4) is 5.75 Å². The number of esters is 1. The molecule has 1 aromatic heterocycles. The fourth-order valence-electron chi connectivity index (χ4n) is 3.73. The van der Waals surface area contributed by atoms with E-state index in [0.717, 1.165) is 22.6 Å². The number of nitrogens with zero attached hydrogens (tertiary/aromatic N) is 2. The van der Waals surface area contributed by atoms with E-state index in [1.807, 2.05) is 24.3 Å². The van der Waals surface area contributed by atoms with E-state index in [4.69, 9.17) is 9.47 Å². The third-order valence-corrected chi connectivity index (χ3v) is 9.30. The molecule has 33 heavy (non-hydrogen) atoms. The Morgan fingerprint density at radius 1 is 1.15 bits per heavy atom. The quantitative estimate of drug-likeness (QED) is 0.415. The highest BCUT2D eigenvalue weighted by atomic mass is 32.2. The number of hydrogen-bond donors (Lipinski definition) is 0. The number of benzene rings is 1. The Labute approximate surface area is 198 Å². The van der Waals surface area contributed by atoms with Gasteiger partial charge in [0.05, 0.1) is 26.3 Å². The summed E-state index contributed by atoms with van der Waals surface area (Å²) in [5.74, 6) is -0.119. The van der Waals surface area contributed by atoms with Crippen LogP contribution in [0.3, 0.4) is 0 Å². The van der Waals surface area contributed by atoms with E-state index in [0.29, 0.717) is 36.5 Å². The molecule has 0 bridgehead atoms. The summed E-state index contributed by atoms with van der Waals surface area (Å²) in [4.78, 5) is 27.7. The van der Waals surface area contributed by atoms with E-state index in [-0.39, 0.29) is 22.2 Å². The minimum Gasteiger partial charge on any atom is -0.497 e. The minimum absolute atomic E-state index is 0.00822. The Morgan fingerprint density at radius 2 is 1.82 bits per heavy atom. The summed E-state index contributed by atoms with van der Waals surface area (Å²) in [6, 6.07) is 7.33. The summed E-state index contributed by atoms with van der Waals surface area (Å²) in [6.07, 6.45) is 3.60. The Morgan fingerprint density at radius 3 is 2.39 bits per heavy atom. The summed E-state index contributed by atoms with van der Waals surface area (Å²) in [6.45, 7) is 4.71. The largest absolute Gasteiger partial charge is 0.497 e. The molecule has 10 heteroatoms. The van der Waals surface area contributed by atoms with Crippen LogP contribution in [-0.2, 0) is 32.5 Å². The van der Waals surface area contributed by atoms with Crippen LogP contribution in [0.2, 0.25) is 0 Å². The van der Waals surface area contributed by atoms with Gasteiger partial charge in [-0.1, -0.05) is 26.0 Å².